The smallest absolute Gasteiger partial charge is 0.300 e. The number of rotatable bonds is 6. The molecule has 0 aromatic heterocycles. The van der Waals surface area contributed by atoms with E-state index < -0.39 is 17.7 Å². The molecule has 0 radical (unpaired) electrons. The molecule has 0 spiro atoms. The number of anilines is 1. The van der Waals surface area contributed by atoms with E-state index in [1.807, 2.05) is 68.4 Å². The van der Waals surface area contributed by atoms with Gasteiger partial charge in [0.2, 0.25) is 0 Å². The van der Waals surface area contributed by atoms with E-state index in [1.165, 1.54) is 12.0 Å². The highest BCUT2D eigenvalue weighted by Gasteiger charge is 2.47. The van der Waals surface area contributed by atoms with Crippen molar-refractivity contribution in [1.82, 2.24) is 0 Å². The summed E-state index contributed by atoms with van der Waals surface area (Å²) >= 11 is 0. The predicted octanol–water partition coefficient (Wildman–Crippen LogP) is 7.19. The quantitative estimate of drug-likeness (QED) is 0.222. The van der Waals surface area contributed by atoms with Crippen molar-refractivity contribution in [3.63, 3.8) is 0 Å². The van der Waals surface area contributed by atoms with Crippen molar-refractivity contribution in [2.45, 2.75) is 59.4 Å². The Balaban J connectivity index is 1.96. The van der Waals surface area contributed by atoms with Crippen LogP contribution in [0.25, 0.3) is 5.76 Å². The Bertz CT molecular complexity index is 1370. The van der Waals surface area contributed by atoms with Crippen LogP contribution in [0.15, 0.2) is 66.2 Å². The van der Waals surface area contributed by atoms with E-state index in [0.717, 1.165) is 27.8 Å². The Labute approximate surface area is 219 Å². The molecule has 1 fully saturated rings. The number of methoxy groups -OCH3 is 1. The van der Waals surface area contributed by atoms with Crippen LogP contribution < -0.4 is 9.64 Å². The molecule has 1 unspecified atom stereocenters. The second kappa shape index (κ2) is 10.3. The SMILES string of the molecule is COc1c(C)cc(C)cc1/C(O)=C1\C(=O)C(=O)N(c2ccc(C(C)C)cc2)C1c1ccc(C(C)C)cc1. The van der Waals surface area contributed by atoms with Crippen molar-refractivity contribution in [2.75, 3.05) is 12.0 Å². The molecular weight excluding hydrogens is 462 g/mol. The lowest BCUT2D eigenvalue weighted by Crippen LogP contribution is -2.29. The predicted molar refractivity (Wildman–Crippen MR) is 148 cm³/mol. The molecule has 3 aromatic rings. The molecule has 0 bridgehead atoms. The first-order valence-corrected chi connectivity index (χ1v) is 12.7. The second-order valence-corrected chi connectivity index (χ2v) is 10.4. The monoisotopic (exact) mass is 497 g/mol. The van der Waals surface area contributed by atoms with Crippen molar-refractivity contribution >= 4 is 23.1 Å². The summed E-state index contributed by atoms with van der Waals surface area (Å²) in [6, 6.07) is 18.5. The molecule has 3 aromatic carbocycles. The van der Waals surface area contributed by atoms with E-state index in [-0.39, 0.29) is 11.3 Å². The zero-order valence-corrected chi connectivity index (χ0v) is 22.6. The topological polar surface area (TPSA) is 66.8 Å². The molecule has 5 nitrogen and oxygen atoms in total. The molecule has 1 saturated heterocycles. The summed E-state index contributed by atoms with van der Waals surface area (Å²) in [6.45, 7) is 12.2. The molecular formula is C32H35NO4. The largest absolute Gasteiger partial charge is 0.507 e. The molecule has 1 heterocycles. The number of carbonyl (C=O) groups is 2. The fourth-order valence-corrected chi connectivity index (χ4v) is 5.04. The average Bonchev–Trinajstić information content (AvgIpc) is 3.13. The molecule has 0 aliphatic carbocycles. The van der Waals surface area contributed by atoms with E-state index in [9.17, 15) is 14.7 Å². The Hall–Kier alpha value is -3.86. The van der Waals surface area contributed by atoms with Gasteiger partial charge >= 0.3 is 0 Å². The normalized spacial score (nSPS) is 17.2. The molecule has 1 atom stereocenters. The third kappa shape index (κ3) is 4.78. The third-order valence-electron chi connectivity index (χ3n) is 7.08. The number of ketones is 1. The maximum absolute atomic E-state index is 13.6. The minimum absolute atomic E-state index is 0.0542. The van der Waals surface area contributed by atoms with E-state index in [0.29, 0.717) is 28.8 Å². The number of hydrogen-bond acceptors (Lipinski definition) is 4. The first-order chi connectivity index (χ1) is 17.5. The maximum Gasteiger partial charge on any atom is 0.300 e. The van der Waals surface area contributed by atoms with Crippen LogP contribution in [0.2, 0.25) is 0 Å². The number of aliphatic hydroxyl groups excluding tert-OH is 1. The zero-order valence-electron chi connectivity index (χ0n) is 22.6. The molecule has 0 saturated carbocycles. The van der Waals surface area contributed by atoms with Gasteiger partial charge in [0.05, 0.1) is 24.3 Å². The van der Waals surface area contributed by atoms with Gasteiger partial charge in [0.1, 0.15) is 11.5 Å². The minimum atomic E-state index is -0.781. The van der Waals surface area contributed by atoms with Gasteiger partial charge in [-0.15, -0.1) is 0 Å². The standard InChI is InChI=1S/C32H35NO4/c1-18(2)22-8-10-24(11-9-22)28-27(29(34)26-17-20(5)16-21(6)31(26)37-7)30(35)32(36)33(28)25-14-12-23(13-15-25)19(3)4/h8-19,28,34H,1-7H3/b29-27+. The Morgan fingerprint density at radius 2 is 1.41 bits per heavy atom. The second-order valence-electron chi connectivity index (χ2n) is 10.4. The highest BCUT2D eigenvalue weighted by molar-refractivity contribution is 6.51. The molecule has 1 aliphatic heterocycles. The van der Waals surface area contributed by atoms with Crippen LogP contribution in [0.4, 0.5) is 5.69 Å². The van der Waals surface area contributed by atoms with Crippen LogP contribution in [-0.2, 0) is 9.59 Å². The van der Waals surface area contributed by atoms with Gasteiger partial charge in [0.15, 0.2) is 0 Å². The van der Waals surface area contributed by atoms with Crippen molar-refractivity contribution in [2.24, 2.45) is 0 Å². The molecule has 37 heavy (non-hydrogen) atoms. The number of ether oxygens (including phenoxy) is 1. The summed E-state index contributed by atoms with van der Waals surface area (Å²) in [5, 5.41) is 11.6. The molecule has 1 aliphatic rings. The molecule has 1 amide bonds. The summed E-state index contributed by atoms with van der Waals surface area (Å²) in [5.74, 6) is -0.472. The number of benzene rings is 3. The van der Waals surface area contributed by atoms with Gasteiger partial charge in [0, 0.05) is 5.69 Å². The van der Waals surface area contributed by atoms with Crippen LogP contribution >= 0.6 is 0 Å². The lowest BCUT2D eigenvalue weighted by atomic mass is 9.92. The first kappa shape index (κ1) is 26.2. The molecule has 1 N–H and O–H groups in total. The first-order valence-electron chi connectivity index (χ1n) is 12.7. The van der Waals surface area contributed by atoms with E-state index in [4.69, 9.17) is 4.74 Å². The van der Waals surface area contributed by atoms with E-state index in [1.54, 1.807) is 6.07 Å². The maximum atomic E-state index is 13.6. The van der Waals surface area contributed by atoms with Crippen LogP contribution in [0.5, 0.6) is 5.75 Å². The number of nitrogens with zero attached hydrogens (tertiary/aromatic N) is 1. The van der Waals surface area contributed by atoms with E-state index >= 15 is 0 Å². The summed E-state index contributed by atoms with van der Waals surface area (Å²) < 4.78 is 5.60. The van der Waals surface area contributed by atoms with Gasteiger partial charge in [-0.1, -0.05) is 70.2 Å². The van der Waals surface area contributed by atoms with Crippen molar-refractivity contribution < 1.29 is 19.4 Å². The fraction of sp³-hybridized carbons (Fsp3) is 0.312. The summed E-state index contributed by atoms with van der Waals surface area (Å²) in [4.78, 5) is 28.6. The van der Waals surface area contributed by atoms with Gasteiger partial charge in [-0.2, -0.15) is 0 Å². The summed E-state index contributed by atoms with van der Waals surface area (Å²) in [5.41, 5.74) is 5.85. The van der Waals surface area contributed by atoms with Crippen molar-refractivity contribution in [3.05, 3.63) is 99.6 Å². The molecule has 4 rings (SSSR count). The average molecular weight is 498 g/mol. The van der Waals surface area contributed by atoms with Crippen molar-refractivity contribution in [1.29, 1.82) is 0 Å². The van der Waals surface area contributed by atoms with Crippen LogP contribution in [0, 0.1) is 13.8 Å². The van der Waals surface area contributed by atoms with Crippen LogP contribution in [-0.4, -0.2) is 23.9 Å². The number of amides is 1. The van der Waals surface area contributed by atoms with Crippen LogP contribution in [0.1, 0.15) is 79.0 Å². The van der Waals surface area contributed by atoms with Crippen LogP contribution in [0.3, 0.4) is 0 Å². The summed E-state index contributed by atoms with van der Waals surface area (Å²) in [7, 11) is 1.53. The van der Waals surface area contributed by atoms with Gasteiger partial charge in [0.25, 0.3) is 11.7 Å². The van der Waals surface area contributed by atoms with Crippen molar-refractivity contribution in [3.8, 4) is 5.75 Å². The zero-order chi connectivity index (χ0) is 27.0. The number of Topliss-reactive ketones (excluding diaryl/α,β-unsaturated/α-hetero) is 1. The van der Waals surface area contributed by atoms with Gasteiger partial charge in [-0.3, -0.25) is 14.5 Å². The fourth-order valence-electron chi connectivity index (χ4n) is 5.04. The van der Waals surface area contributed by atoms with Gasteiger partial charge in [-0.25, -0.2) is 0 Å². The highest BCUT2D eigenvalue weighted by Crippen LogP contribution is 2.44. The summed E-state index contributed by atoms with van der Waals surface area (Å²) in [6.07, 6.45) is 0. The molecule has 192 valence electrons. The minimum Gasteiger partial charge on any atom is -0.507 e. The lowest BCUT2D eigenvalue weighted by molar-refractivity contribution is -0.132. The Kier molecular flexibility index (Phi) is 7.26. The highest BCUT2D eigenvalue weighted by atomic mass is 16.5. The Morgan fingerprint density at radius 1 is 0.865 bits per heavy atom. The van der Waals surface area contributed by atoms with Gasteiger partial charge in [-0.05, 0) is 71.7 Å². The van der Waals surface area contributed by atoms with E-state index in [2.05, 4.69) is 27.7 Å². The Morgan fingerprint density at radius 3 is 1.92 bits per heavy atom. The molecule has 5 heteroatoms. The number of aliphatic hydroxyl groups is 1. The third-order valence-corrected chi connectivity index (χ3v) is 7.08. The lowest BCUT2D eigenvalue weighted by Gasteiger charge is -2.26. The number of carbonyl (C=O) groups excluding carboxylic acids is 2. The number of hydrogen-bond donors (Lipinski definition) is 1. The van der Waals surface area contributed by atoms with Gasteiger partial charge < -0.3 is 9.84 Å². The number of aryl methyl sites for hydroxylation is 2.